The maximum Gasteiger partial charge on any atom is 0.338 e. The van der Waals surface area contributed by atoms with Crippen molar-refractivity contribution < 1.29 is 23.7 Å². The van der Waals surface area contributed by atoms with E-state index in [0.29, 0.717) is 55.0 Å². The predicted octanol–water partition coefficient (Wildman–Crippen LogP) is 6.20. The summed E-state index contributed by atoms with van der Waals surface area (Å²) in [5.74, 6) is 1.13. The summed E-state index contributed by atoms with van der Waals surface area (Å²) >= 11 is 10.9. The van der Waals surface area contributed by atoms with Crippen molar-refractivity contribution >= 4 is 50.9 Å². The molecule has 0 N–H and O–H groups in total. The van der Waals surface area contributed by atoms with Crippen molar-refractivity contribution in [2.24, 2.45) is 4.99 Å². The zero-order valence-electron chi connectivity index (χ0n) is 24.6. The van der Waals surface area contributed by atoms with Gasteiger partial charge >= 0.3 is 5.97 Å². The fourth-order valence-electron chi connectivity index (χ4n) is 4.95. The van der Waals surface area contributed by atoms with Crippen LogP contribution in [0, 0.1) is 0 Å². The summed E-state index contributed by atoms with van der Waals surface area (Å²) in [5, 5.41) is 0.606. The lowest BCUT2D eigenvalue weighted by atomic mass is 9.96. The molecule has 0 saturated carbocycles. The summed E-state index contributed by atoms with van der Waals surface area (Å²) in [4.78, 5) is 32.5. The summed E-state index contributed by atoms with van der Waals surface area (Å²) in [5.41, 5.74) is 2.73. The molecule has 1 aliphatic rings. The van der Waals surface area contributed by atoms with Crippen molar-refractivity contribution in [3.63, 3.8) is 0 Å². The summed E-state index contributed by atoms with van der Waals surface area (Å²) < 4.78 is 25.6. The van der Waals surface area contributed by atoms with Crippen molar-refractivity contribution in [3.8, 4) is 17.2 Å². The van der Waals surface area contributed by atoms with Crippen molar-refractivity contribution in [2.75, 3.05) is 20.3 Å². The van der Waals surface area contributed by atoms with E-state index < -0.39 is 12.0 Å². The molecule has 0 amide bonds. The third kappa shape index (κ3) is 6.62. The summed E-state index contributed by atoms with van der Waals surface area (Å²) in [6.07, 6.45) is 1.75. The number of hydrogen-bond acceptors (Lipinski definition) is 8. The average Bonchev–Trinajstić information content (AvgIpc) is 3.30. The SMILES string of the molecule is CCOC(=O)C1=C(C)N=c2s/c(=C\c3cc(Br)cc(OC)c3OCc3cccc(Cl)c3)c(=O)n2[C@@H]1c1ccc(OCC)cc1. The molecular formula is C33H30BrClN2O6S. The molecule has 8 nitrogen and oxygen atoms in total. The van der Waals surface area contributed by atoms with Gasteiger partial charge in [0.1, 0.15) is 12.4 Å². The topological polar surface area (TPSA) is 88.4 Å². The van der Waals surface area contributed by atoms with E-state index in [4.69, 9.17) is 30.5 Å². The van der Waals surface area contributed by atoms with Gasteiger partial charge in [-0.15, -0.1) is 0 Å². The van der Waals surface area contributed by atoms with Crippen molar-refractivity contribution in [3.05, 3.63) is 118 Å². The van der Waals surface area contributed by atoms with E-state index in [1.54, 1.807) is 43.7 Å². The second-order valence-electron chi connectivity index (χ2n) is 9.75. The van der Waals surface area contributed by atoms with Crippen LogP contribution in [0.25, 0.3) is 6.08 Å². The van der Waals surface area contributed by atoms with Crippen LogP contribution < -0.4 is 29.1 Å². The number of fused-ring (bicyclic) bond motifs is 1. The third-order valence-electron chi connectivity index (χ3n) is 6.85. The van der Waals surface area contributed by atoms with Gasteiger partial charge in [-0.3, -0.25) is 9.36 Å². The number of rotatable bonds is 10. The van der Waals surface area contributed by atoms with Crippen molar-refractivity contribution in [1.82, 2.24) is 4.57 Å². The van der Waals surface area contributed by atoms with Crippen LogP contribution >= 0.6 is 38.9 Å². The Labute approximate surface area is 272 Å². The summed E-state index contributed by atoms with van der Waals surface area (Å²) in [7, 11) is 1.56. The van der Waals surface area contributed by atoms with Crippen LogP contribution in [0.15, 0.2) is 86.2 Å². The van der Waals surface area contributed by atoms with E-state index in [0.717, 1.165) is 15.6 Å². The number of methoxy groups -OCH3 is 1. The predicted molar refractivity (Wildman–Crippen MR) is 174 cm³/mol. The quantitative estimate of drug-likeness (QED) is 0.184. The second-order valence-corrected chi connectivity index (χ2v) is 12.1. The smallest absolute Gasteiger partial charge is 0.338 e. The standard InChI is InChI=1S/C33H30BrClN2O6S/c1-5-41-25-12-10-21(11-13-25)29-28(32(39)42-6-2)19(3)36-33-37(29)31(38)27(44-33)16-22-15-23(34)17-26(40-4)30(22)43-18-20-8-7-9-24(35)14-20/h7-17,29H,5-6,18H2,1-4H3/b27-16-/t29-/m1/s1. The van der Waals surface area contributed by atoms with Gasteiger partial charge in [-0.25, -0.2) is 9.79 Å². The molecule has 44 heavy (non-hydrogen) atoms. The lowest BCUT2D eigenvalue weighted by Gasteiger charge is -2.24. The Morgan fingerprint density at radius 3 is 2.55 bits per heavy atom. The van der Waals surface area contributed by atoms with Gasteiger partial charge in [-0.05, 0) is 74.4 Å². The minimum Gasteiger partial charge on any atom is -0.494 e. The van der Waals surface area contributed by atoms with E-state index in [1.807, 2.05) is 55.5 Å². The Morgan fingerprint density at radius 1 is 1.09 bits per heavy atom. The van der Waals surface area contributed by atoms with Gasteiger partial charge < -0.3 is 18.9 Å². The first-order valence-corrected chi connectivity index (χ1v) is 15.9. The molecule has 0 spiro atoms. The van der Waals surface area contributed by atoms with Crippen LogP contribution in [0.3, 0.4) is 0 Å². The first-order valence-electron chi connectivity index (χ1n) is 13.9. The van der Waals surface area contributed by atoms with Crippen molar-refractivity contribution in [2.45, 2.75) is 33.4 Å². The second kappa shape index (κ2) is 13.8. The van der Waals surface area contributed by atoms with Gasteiger partial charge in [-0.1, -0.05) is 63.1 Å². The summed E-state index contributed by atoms with van der Waals surface area (Å²) in [6, 6.07) is 17.7. The van der Waals surface area contributed by atoms with Crippen LogP contribution in [-0.2, 0) is 16.1 Å². The van der Waals surface area contributed by atoms with E-state index in [1.165, 1.54) is 11.3 Å². The Morgan fingerprint density at radius 2 is 1.86 bits per heavy atom. The fraction of sp³-hybridized carbons (Fsp3) is 0.242. The van der Waals surface area contributed by atoms with Gasteiger partial charge in [0.15, 0.2) is 16.3 Å². The number of aromatic nitrogens is 1. The number of hydrogen-bond donors (Lipinski definition) is 0. The third-order valence-corrected chi connectivity index (χ3v) is 8.53. The molecule has 0 unspecified atom stereocenters. The largest absolute Gasteiger partial charge is 0.494 e. The Balaban J connectivity index is 1.65. The number of esters is 1. The zero-order valence-corrected chi connectivity index (χ0v) is 27.7. The molecule has 3 aromatic carbocycles. The van der Waals surface area contributed by atoms with E-state index >= 15 is 0 Å². The minimum atomic E-state index is -0.737. The molecule has 1 atom stereocenters. The maximum atomic E-state index is 14.2. The molecule has 0 fully saturated rings. The first-order chi connectivity index (χ1) is 21.2. The number of allylic oxidation sites excluding steroid dienone is 1. The highest BCUT2D eigenvalue weighted by Crippen LogP contribution is 2.36. The Hall–Kier alpha value is -3.86. The molecule has 0 radical (unpaired) electrons. The van der Waals surface area contributed by atoms with Gasteiger partial charge in [0.2, 0.25) is 0 Å². The molecule has 0 saturated heterocycles. The molecule has 1 aliphatic heterocycles. The van der Waals surface area contributed by atoms with Gasteiger partial charge in [0.25, 0.3) is 5.56 Å². The average molecular weight is 698 g/mol. The Bertz CT molecular complexity index is 1920. The van der Waals surface area contributed by atoms with Crippen LogP contribution in [0.1, 0.15) is 43.5 Å². The molecule has 228 valence electrons. The lowest BCUT2D eigenvalue weighted by molar-refractivity contribution is -0.139. The molecule has 11 heteroatoms. The van der Waals surface area contributed by atoms with E-state index in [2.05, 4.69) is 20.9 Å². The number of benzene rings is 3. The van der Waals surface area contributed by atoms with Crippen LogP contribution in [-0.4, -0.2) is 30.9 Å². The van der Waals surface area contributed by atoms with Crippen molar-refractivity contribution in [1.29, 1.82) is 0 Å². The molecule has 4 aromatic rings. The molecule has 1 aromatic heterocycles. The van der Waals surface area contributed by atoms with E-state index in [9.17, 15) is 9.59 Å². The summed E-state index contributed by atoms with van der Waals surface area (Å²) in [6.45, 7) is 6.36. The molecule has 0 bridgehead atoms. The van der Waals surface area contributed by atoms with Crippen LogP contribution in [0.4, 0.5) is 0 Å². The number of ether oxygens (including phenoxy) is 4. The minimum absolute atomic E-state index is 0.193. The van der Waals surface area contributed by atoms with Gasteiger partial charge in [0.05, 0.1) is 42.2 Å². The highest BCUT2D eigenvalue weighted by Gasteiger charge is 2.33. The number of halogens is 2. The van der Waals surface area contributed by atoms with Gasteiger partial charge in [-0.2, -0.15) is 0 Å². The Kier molecular flexibility index (Phi) is 9.93. The monoisotopic (exact) mass is 696 g/mol. The number of carbonyl (C=O) groups is 1. The maximum absolute atomic E-state index is 14.2. The highest BCUT2D eigenvalue weighted by atomic mass is 79.9. The zero-order chi connectivity index (χ0) is 31.4. The highest BCUT2D eigenvalue weighted by molar-refractivity contribution is 9.10. The first kappa shape index (κ1) is 31.6. The molecule has 5 rings (SSSR count). The number of carbonyl (C=O) groups excluding carboxylic acids is 1. The van der Waals surface area contributed by atoms with E-state index in [-0.39, 0.29) is 18.8 Å². The normalized spacial score (nSPS) is 14.6. The number of thiazole rings is 1. The number of nitrogens with zero attached hydrogens (tertiary/aromatic N) is 2. The lowest BCUT2D eigenvalue weighted by Crippen LogP contribution is -2.39. The van der Waals surface area contributed by atoms with Crippen LogP contribution in [0.5, 0.6) is 17.2 Å². The molecular weight excluding hydrogens is 668 g/mol. The van der Waals surface area contributed by atoms with Gasteiger partial charge in [0, 0.05) is 15.1 Å². The van der Waals surface area contributed by atoms with Crippen LogP contribution in [0.2, 0.25) is 5.02 Å². The molecule has 2 heterocycles. The fourth-order valence-corrected chi connectivity index (χ4v) is 6.65. The molecule has 0 aliphatic carbocycles.